The summed E-state index contributed by atoms with van der Waals surface area (Å²) in [5.74, 6) is 2.41. The molecular formula is C9H12N4. The number of fused-ring (bicyclic) bond motifs is 1. The molecule has 13 heavy (non-hydrogen) atoms. The Hall–Kier alpha value is -1.16. The topological polar surface area (TPSA) is 55.0 Å². The van der Waals surface area contributed by atoms with Crippen molar-refractivity contribution in [2.75, 3.05) is 18.0 Å². The van der Waals surface area contributed by atoms with E-state index in [0.717, 1.165) is 18.9 Å². The Morgan fingerprint density at radius 3 is 2.77 bits per heavy atom. The highest BCUT2D eigenvalue weighted by Crippen LogP contribution is 2.44. The van der Waals surface area contributed by atoms with Gasteiger partial charge in [-0.1, -0.05) is 0 Å². The lowest BCUT2D eigenvalue weighted by Gasteiger charge is -2.18. The van der Waals surface area contributed by atoms with Crippen molar-refractivity contribution in [1.29, 1.82) is 0 Å². The van der Waals surface area contributed by atoms with Gasteiger partial charge in [0.2, 0.25) is 0 Å². The van der Waals surface area contributed by atoms with E-state index in [4.69, 9.17) is 5.73 Å². The third kappa shape index (κ3) is 1.02. The quantitative estimate of drug-likeness (QED) is 0.647. The number of anilines is 1. The first-order valence-electron chi connectivity index (χ1n) is 4.64. The number of rotatable bonds is 1. The largest absolute Gasteiger partial charge is 0.354 e. The molecule has 0 unspecified atom stereocenters. The Kier molecular flexibility index (Phi) is 1.35. The first-order valence-corrected chi connectivity index (χ1v) is 4.64. The Morgan fingerprint density at radius 2 is 2.15 bits per heavy atom. The van der Waals surface area contributed by atoms with Gasteiger partial charge < -0.3 is 10.6 Å². The maximum absolute atomic E-state index is 5.85. The summed E-state index contributed by atoms with van der Waals surface area (Å²) in [6, 6.07) is 4.38. The number of nitrogens with zero attached hydrogens (tertiary/aromatic N) is 3. The molecule has 2 heterocycles. The third-order valence-corrected chi connectivity index (χ3v) is 3.14. The molecule has 2 N–H and O–H groups in total. The number of hydrogen-bond acceptors (Lipinski definition) is 4. The average molecular weight is 176 g/mol. The van der Waals surface area contributed by atoms with Gasteiger partial charge in [-0.25, -0.2) is 0 Å². The summed E-state index contributed by atoms with van der Waals surface area (Å²) in [6.07, 6.45) is 1.70. The molecule has 0 radical (unpaired) electrons. The second kappa shape index (κ2) is 2.42. The summed E-state index contributed by atoms with van der Waals surface area (Å²) in [5.41, 5.74) is 5.85. The molecule has 4 heteroatoms. The van der Waals surface area contributed by atoms with Crippen LogP contribution >= 0.6 is 0 Å². The van der Waals surface area contributed by atoms with E-state index in [0.29, 0.717) is 17.9 Å². The van der Waals surface area contributed by atoms with Crippen LogP contribution in [0.3, 0.4) is 0 Å². The molecule has 1 aromatic rings. The first kappa shape index (κ1) is 7.26. The van der Waals surface area contributed by atoms with Gasteiger partial charge in [0.25, 0.3) is 0 Å². The van der Waals surface area contributed by atoms with Crippen LogP contribution in [-0.2, 0) is 0 Å². The second-order valence-electron chi connectivity index (χ2n) is 3.89. The first-order chi connectivity index (χ1) is 6.36. The molecule has 3 rings (SSSR count). The lowest BCUT2D eigenvalue weighted by molar-refractivity contribution is 0.729. The fourth-order valence-electron chi connectivity index (χ4n) is 2.22. The molecule has 4 nitrogen and oxygen atoms in total. The van der Waals surface area contributed by atoms with E-state index in [2.05, 4.69) is 15.1 Å². The summed E-state index contributed by atoms with van der Waals surface area (Å²) in [5, 5.41) is 7.94. The highest BCUT2D eigenvalue weighted by Gasteiger charge is 2.53. The lowest BCUT2D eigenvalue weighted by Crippen LogP contribution is -2.28. The molecule has 1 saturated heterocycles. The van der Waals surface area contributed by atoms with Crippen molar-refractivity contribution < 1.29 is 0 Å². The number of hydrogen-bond donors (Lipinski definition) is 1. The molecule has 1 aromatic heterocycles. The highest BCUT2D eigenvalue weighted by molar-refractivity contribution is 5.41. The van der Waals surface area contributed by atoms with Crippen LogP contribution in [0.5, 0.6) is 0 Å². The molecule has 0 amide bonds. The van der Waals surface area contributed by atoms with Crippen LogP contribution in [0.1, 0.15) is 0 Å². The molecule has 0 spiro atoms. The van der Waals surface area contributed by atoms with Crippen LogP contribution in [0.15, 0.2) is 18.3 Å². The zero-order valence-electron chi connectivity index (χ0n) is 7.30. The van der Waals surface area contributed by atoms with E-state index in [1.54, 1.807) is 6.20 Å². The van der Waals surface area contributed by atoms with E-state index >= 15 is 0 Å². The van der Waals surface area contributed by atoms with Crippen molar-refractivity contribution in [2.24, 2.45) is 17.6 Å². The molecular weight excluding hydrogens is 164 g/mol. The van der Waals surface area contributed by atoms with Crippen molar-refractivity contribution in [2.45, 2.75) is 6.04 Å². The van der Waals surface area contributed by atoms with Gasteiger partial charge >= 0.3 is 0 Å². The maximum Gasteiger partial charge on any atom is 0.151 e. The Labute approximate surface area is 76.8 Å². The minimum absolute atomic E-state index is 0.452. The van der Waals surface area contributed by atoms with Gasteiger partial charge in [-0.2, -0.15) is 5.10 Å². The standard InChI is InChI=1S/C9H12N4/c10-9-6-4-13(5-7(6)9)8-2-1-3-11-12-8/h1-3,6-7,9H,4-5,10H2/t6-,7-/m0/s1. The fourth-order valence-corrected chi connectivity index (χ4v) is 2.22. The fraction of sp³-hybridized carbons (Fsp3) is 0.556. The van der Waals surface area contributed by atoms with Gasteiger partial charge in [-0.3, -0.25) is 0 Å². The number of piperidine rings is 1. The van der Waals surface area contributed by atoms with E-state index in [1.165, 1.54) is 0 Å². The van der Waals surface area contributed by atoms with Gasteiger partial charge in [0, 0.05) is 25.3 Å². The molecule has 2 aliphatic rings. The molecule has 1 saturated carbocycles. The monoisotopic (exact) mass is 176 g/mol. The van der Waals surface area contributed by atoms with Crippen LogP contribution in [0.2, 0.25) is 0 Å². The normalized spacial score (nSPS) is 36.1. The zero-order chi connectivity index (χ0) is 8.84. The van der Waals surface area contributed by atoms with Crippen LogP contribution < -0.4 is 10.6 Å². The predicted octanol–water partition coefficient (Wildman–Crippen LogP) is -0.130. The van der Waals surface area contributed by atoms with Gasteiger partial charge in [0.05, 0.1) is 0 Å². The Balaban J connectivity index is 1.76. The molecule has 1 aliphatic heterocycles. The van der Waals surface area contributed by atoms with Crippen LogP contribution in [0.25, 0.3) is 0 Å². The molecule has 1 aliphatic carbocycles. The van der Waals surface area contributed by atoms with E-state index in [9.17, 15) is 0 Å². The second-order valence-corrected chi connectivity index (χ2v) is 3.89. The SMILES string of the molecule is NC1[C@H]2CN(c3cccnn3)C[C@H]12. The predicted molar refractivity (Wildman–Crippen MR) is 49.2 cm³/mol. The summed E-state index contributed by atoms with van der Waals surface area (Å²) >= 11 is 0. The van der Waals surface area contributed by atoms with Gasteiger partial charge in [0.15, 0.2) is 5.82 Å². The molecule has 2 atom stereocenters. The van der Waals surface area contributed by atoms with E-state index in [-0.39, 0.29) is 0 Å². The third-order valence-electron chi connectivity index (χ3n) is 3.14. The van der Waals surface area contributed by atoms with Gasteiger partial charge in [-0.15, -0.1) is 5.10 Å². The maximum atomic E-state index is 5.85. The summed E-state index contributed by atoms with van der Waals surface area (Å²) in [6.45, 7) is 2.12. The van der Waals surface area contributed by atoms with E-state index in [1.807, 2.05) is 12.1 Å². The Morgan fingerprint density at radius 1 is 1.38 bits per heavy atom. The highest BCUT2D eigenvalue weighted by atomic mass is 15.3. The minimum Gasteiger partial charge on any atom is -0.354 e. The zero-order valence-corrected chi connectivity index (χ0v) is 7.30. The summed E-state index contributed by atoms with van der Waals surface area (Å²) in [4.78, 5) is 2.27. The summed E-state index contributed by atoms with van der Waals surface area (Å²) in [7, 11) is 0. The molecule has 0 bridgehead atoms. The van der Waals surface area contributed by atoms with Crippen molar-refractivity contribution in [3.05, 3.63) is 18.3 Å². The van der Waals surface area contributed by atoms with Crippen LogP contribution in [0, 0.1) is 11.8 Å². The molecule has 0 aromatic carbocycles. The Bertz CT molecular complexity index is 301. The van der Waals surface area contributed by atoms with Crippen molar-refractivity contribution >= 4 is 5.82 Å². The summed E-state index contributed by atoms with van der Waals surface area (Å²) < 4.78 is 0. The van der Waals surface area contributed by atoms with Gasteiger partial charge in [-0.05, 0) is 24.0 Å². The number of nitrogens with two attached hydrogens (primary N) is 1. The smallest absolute Gasteiger partial charge is 0.151 e. The van der Waals surface area contributed by atoms with Crippen molar-refractivity contribution in [1.82, 2.24) is 10.2 Å². The number of aromatic nitrogens is 2. The molecule has 2 fully saturated rings. The van der Waals surface area contributed by atoms with E-state index < -0.39 is 0 Å². The van der Waals surface area contributed by atoms with Crippen LogP contribution in [0.4, 0.5) is 5.82 Å². The van der Waals surface area contributed by atoms with Crippen molar-refractivity contribution in [3.63, 3.8) is 0 Å². The average Bonchev–Trinajstić information content (AvgIpc) is 2.67. The molecule has 68 valence electrons. The van der Waals surface area contributed by atoms with Crippen LogP contribution in [-0.4, -0.2) is 29.3 Å². The minimum atomic E-state index is 0.452. The lowest BCUT2D eigenvalue weighted by atomic mass is 10.4. The van der Waals surface area contributed by atoms with Crippen molar-refractivity contribution in [3.8, 4) is 0 Å². The van der Waals surface area contributed by atoms with Gasteiger partial charge in [0.1, 0.15) is 0 Å².